The summed E-state index contributed by atoms with van der Waals surface area (Å²) in [6.45, 7) is 3.58. The highest BCUT2D eigenvalue weighted by Gasteiger charge is 2.14. The zero-order valence-corrected chi connectivity index (χ0v) is 16.3. The van der Waals surface area contributed by atoms with E-state index < -0.39 is 10.5 Å². The van der Waals surface area contributed by atoms with E-state index in [1.54, 1.807) is 12.1 Å². The zero-order valence-electron chi connectivity index (χ0n) is 16.3. The number of fused-ring (bicyclic) bond motifs is 1. The van der Waals surface area contributed by atoms with E-state index in [1.807, 2.05) is 18.2 Å². The number of likely N-dealkylation sites (tertiary alicyclic amines) is 1. The zero-order chi connectivity index (χ0) is 21.1. The van der Waals surface area contributed by atoms with E-state index in [0.717, 1.165) is 19.6 Å². The summed E-state index contributed by atoms with van der Waals surface area (Å²) in [5.74, 6) is 0.626. The van der Waals surface area contributed by atoms with Gasteiger partial charge in [0, 0.05) is 35.8 Å². The molecule has 0 N–H and O–H groups in total. The largest absolute Gasteiger partial charge is 0.492 e. The topological polar surface area (TPSA) is 101 Å². The molecule has 0 atom stereocenters. The van der Waals surface area contributed by atoms with Gasteiger partial charge >= 0.3 is 0 Å². The van der Waals surface area contributed by atoms with Crippen LogP contribution < -0.4 is 10.3 Å². The summed E-state index contributed by atoms with van der Waals surface area (Å²) in [7, 11) is 0. The number of non-ortho nitro benzene ring substituents is 1. The summed E-state index contributed by atoms with van der Waals surface area (Å²) in [6.07, 6.45) is 2.44. The first-order valence-corrected chi connectivity index (χ1v) is 9.77. The first-order valence-electron chi connectivity index (χ1n) is 9.77. The van der Waals surface area contributed by atoms with Crippen LogP contribution in [-0.2, 0) is 0 Å². The monoisotopic (exact) mass is 404 g/mol. The number of aromatic nitrogens is 1. The van der Waals surface area contributed by atoms with Crippen molar-refractivity contribution < 1.29 is 9.66 Å². The van der Waals surface area contributed by atoms with Gasteiger partial charge in [0.1, 0.15) is 24.0 Å². The summed E-state index contributed by atoms with van der Waals surface area (Å²) in [6, 6.07) is 14.5. The van der Waals surface area contributed by atoms with E-state index >= 15 is 0 Å². The molecule has 0 radical (unpaired) electrons. The average Bonchev–Trinajstić information content (AvgIpc) is 3.27. The molecule has 2 aromatic carbocycles. The molecule has 0 bridgehead atoms. The van der Waals surface area contributed by atoms with Crippen molar-refractivity contribution in [3.05, 3.63) is 74.6 Å². The van der Waals surface area contributed by atoms with Crippen LogP contribution in [0.3, 0.4) is 0 Å². The first kappa shape index (κ1) is 19.6. The predicted octanol–water partition coefficient (Wildman–Crippen LogP) is 3.25. The van der Waals surface area contributed by atoms with Crippen LogP contribution in [0.5, 0.6) is 5.75 Å². The lowest BCUT2D eigenvalue weighted by Gasteiger charge is -2.16. The molecular formula is C22H20N4O4. The van der Waals surface area contributed by atoms with E-state index in [-0.39, 0.29) is 11.3 Å². The highest BCUT2D eigenvalue weighted by atomic mass is 16.6. The van der Waals surface area contributed by atoms with Crippen molar-refractivity contribution in [3.8, 4) is 17.5 Å². The van der Waals surface area contributed by atoms with Gasteiger partial charge in [0.25, 0.3) is 11.2 Å². The molecule has 3 aromatic rings. The summed E-state index contributed by atoms with van der Waals surface area (Å²) in [5, 5.41) is 21.0. The normalized spacial score (nSPS) is 14.0. The summed E-state index contributed by atoms with van der Waals surface area (Å²) >= 11 is 0. The number of pyridine rings is 1. The Morgan fingerprint density at radius 1 is 1.10 bits per heavy atom. The second-order valence-corrected chi connectivity index (χ2v) is 7.20. The Balaban J connectivity index is 1.72. The fourth-order valence-electron chi connectivity index (χ4n) is 3.73. The quantitative estimate of drug-likeness (QED) is 0.462. The van der Waals surface area contributed by atoms with Crippen molar-refractivity contribution in [1.82, 2.24) is 9.47 Å². The third-order valence-electron chi connectivity index (χ3n) is 5.29. The molecule has 30 heavy (non-hydrogen) atoms. The second kappa shape index (κ2) is 8.35. The van der Waals surface area contributed by atoms with Gasteiger partial charge in [-0.1, -0.05) is 0 Å². The summed E-state index contributed by atoms with van der Waals surface area (Å²) in [4.78, 5) is 25.7. The Hall–Kier alpha value is -3.70. The van der Waals surface area contributed by atoms with Gasteiger partial charge in [-0.05, 0) is 56.3 Å². The fourth-order valence-corrected chi connectivity index (χ4v) is 3.73. The Morgan fingerprint density at radius 3 is 2.50 bits per heavy atom. The van der Waals surface area contributed by atoms with Crippen molar-refractivity contribution >= 4 is 16.6 Å². The van der Waals surface area contributed by atoms with Gasteiger partial charge in [-0.25, -0.2) is 0 Å². The molecule has 0 spiro atoms. The maximum atomic E-state index is 12.9. The third kappa shape index (κ3) is 3.88. The lowest BCUT2D eigenvalue weighted by molar-refractivity contribution is -0.384. The van der Waals surface area contributed by atoms with Gasteiger partial charge in [0.15, 0.2) is 0 Å². The maximum Gasteiger partial charge on any atom is 0.273 e. The van der Waals surface area contributed by atoms with Gasteiger partial charge in [-0.3, -0.25) is 24.4 Å². The minimum atomic E-state index is -0.497. The molecule has 1 saturated heterocycles. The smallest absolute Gasteiger partial charge is 0.273 e. The minimum absolute atomic E-state index is 0.00329. The standard InChI is InChI=1S/C22H20N4O4/c23-15-17-13-16-3-8-20(30-12-11-24-9-1-2-10-24)14-21(16)25(22(17)27)18-4-6-19(7-5-18)26(28)29/h3-8,13-14H,1-2,9-12H2. The van der Waals surface area contributed by atoms with Gasteiger partial charge in [-0.15, -0.1) is 0 Å². The maximum absolute atomic E-state index is 12.9. The fraction of sp³-hybridized carbons (Fsp3) is 0.273. The molecule has 1 fully saturated rings. The number of nitro groups is 1. The summed E-state index contributed by atoms with van der Waals surface area (Å²) in [5.41, 5.74) is 0.476. The van der Waals surface area contributed by atoms with Crippen LogP contribution in [0.15, 0.2) is 53.3 Å². The Morgan fingerprint density at radius 2 is 1.83 bits per heavy atom. The Labute approximate surface area is 172 Å². The van der Waals surface area contributed by atoms with Gasteiger partial charge in [0.2, 0.25) is 0 Å². The number of ether oxygens (including phenoxy) is 1. The SMILES string of the molecule is N#Cc1cc2ccc(OCCN3CCCC3)cc2n(-c2ccc([N+](=O)[O-])cc2)c1=O. The Bertz CT molecular complexity index is 1190. The number of nitrogens with zero attached hydrogens (tertiary/aromatic N) is 4. The van der Waals surface area contributed by atoms with E-state index in [2.05, 4.69) is 4.90 Å². The molecular weight excluding hydrogens is 384 g/mol. The van der Waals surface area contributed by atoms with E-state index in [0.29, 0.717) is 28.9 Å². The Kier molecular flexibility index (Phi) is 5.46. The van der Waals surface area contributed by atoms with Crippen molar-refractivity contribution in [3.63, 3.8) is 0 Å². The lowest BCUT2D eigenvalue weighted by Crippen LogP contribution is -2.25. The highest BCUT2D eigenvalue weighted by molar-refractivity contribution is 5.83. The lowest BCUT2D eigenvalue weighted by atomic mass is 10.1. The number of benzene rings is 2. The van der Waals surface area contributed by atoms with Gasteiger partial charge < -0.3 is 4.74 Å². The molecule has 1 aromatic heterocycles. The van der Waals surface area contributed by atoms with Crippen molar-refractivity contribution in [2.75, 3.05) is 26.2 Å². The van der Waals surface area contributed by atoms with E-state index in [9.17, 15) is 20.2 Å². The molecule has 8 heteroatoms. The van der Waals surface area contributed by atoms with Crippen LogP contribution in [0, 0.1) is 21.4 Å². The molecule has 0 saturated carbocycles. The summed E-state index contributed by atoms with van der Waals surface area (Å²) < 4.78 is 7.30. The molecule has 8 nitrogen and oxygen atoms in total. The number of hydrogen-bond donors (Lipinski definition) is 0. The van der Waals surface area contributed by atoms with Crippen LogP contribution in [0.4, 0.5) is 5.69 Å². The van der Waals surface area contributed by atoms with Crippen molar-refractivity contribution in [1.29, 1.82) is 5.26 Å². The number of nitriles is 1. The van der Waals surface area contributed by atoms with E-state index in [4.69, 9.17) is 4.74 Å². The van der Waals surface area contributed by atoms with Crippen LogP contribution >= 0.6 is 0 Å². The number of rotatable bonds is 6. The molecule has 1 aliphatic heterocycles. The van der Waals surface area contributed by atoms with Crippen LogP contribution in [0.25, 0.3) is 16.6 Å². The second-order valence-electron chi connectivity index (χ2n) is 7.20. The molecule has 0 aliphatic carbocycles. The average molecular weight is 404 g/mol. The molecule has 2 heterocycles. The van der Waals surface area contributed by atoms with Crippen LogP contribution in [-0.4, -0.2) is 40.6 Å². The minimum Gasteiger partial charge on any atom is -0.492 e. The molecule has 0 amide bonds. The molecule has 4 rings (SSSR count). The third-order valence-corrected chi connectivity index (χ3v) is 5.29. The first-order chi connectivity index (χ1) is 14.6. The predicted molar refractivity (Wildman–Crippen MR) is 112 cm³/mol. The van der Waals surface area contributed by atoms with Gasteiger partial charge in [0.05, 0.1) is 10.4 Å². The van der Waals surface area contributed by atoms with E-state index in [1.165, 1.54) is 41.7 Å². The van der Waals surface area contributed by atoms with Crippen LogP contribution in [0.2, 0.25) is 0 Å². The molecule has 1 aliphatic rings. The highest BCUT2D eigenvalue weighted by Crippen LogP contribution is 2.24. The molecule has 152 valence electrons. The molecule has 0 unspecified atom stereocenters. The van der Waals surface area contributed by atoms with Crippen molar-refractivity contribution in [2.45, 2.75) is 12.8 Å². The van der Waals surface area contributed by atoms with Crippen LogP contribution in [0.1, 0.15) is 18.4 Å². The van der Waals surface area contributed by atoms with Crippen molar-refractivity contribution in [2.24, 2.45) is 0 Å². The number of hydrogen-bond acceptors (Lipinski definition) is 6. The number of nitro benzene ring substituents is 1. The van der Waals surface area contributed by atoms with Gasteiger partial charge in [-0.2, -0.15) is 5.26 Å².